The van der Waals surface area contributed by atoms with Gasteiger partial charge in [0.15, 0.2) is 0 Å². The second kappa shape index (κ2) is 7.67. The summed E-state index contributed by atoms with van der Waals surface area (Å²) >= 11 is 0. The van der Waals surface area contributed by atoms with Crippen molar-refractivity contribution in [3.05, 3.63) is 110 Å². The molecule has 0 fully saturated rings. The zero-order valence-corrected chi connectivity index (χ0v) is 19.6. The molecule has 0 aliphatic heterocycles. The lowest BCUT2D eigenvalue weighted by atomic mass is 9.93. The number of hydrogen-bond donors (Lipinski definition) is 0. The predicted octanol–water partition coefficient (Wildman–Crippen LogP) is 7.96. The van der Waals surface area contributed by atoms with Crippen molar-refractivity contribution in [1.29, 1.82) is 0 Å². The molecule has 5 heteroatoms. The minimum atomic E-state index is 0.555. The summed E-state index contributed by atoms with van der Waals surface area (Å²) in [5.41, 5.74) is 8.23. The van der Waals surface area contributed by atoms with Crippen LogP contribution in [0.5, 0.6) is 0 Å². The Morgan fingerprint density at radius 2 is 1.27 bits per heavy atom. The SMILES string of the molecule is c1cnc2c(c1)ccc1ccc(-c3ccc(-c4ccc5oc6nccnc6c5c4)c4ccccc34)nc12. The molecule has 0 aliphatic rings. The molecule has 0 bridgehead atoms. The van der Waals surface area contributed by atoms with Crippen LogP contribution in [-0.4, -0.2) is 19.9 Å². The molecule has 0 saturated carbocycles. The summed E-state index contributed by atoms with van der Waals surface area (Å²) in [5.74, 6) is 0. The highest BCUT2D eigenvalue weighted by Gasteiger charge is 2.14. The van der Waals surface area contributed by atoms with Crippen LogP contribution < -0.4 is 0 Å². The van der Waals surface area contributed by atoms with E-state index in [2.05, 4.69) is 93.8 Å². The van der Waals surface area contributed by atoms with Gasteiger partial charge in [0.2, 0.25) is 5.71 Å². The van der Waals surface area contributed by atoms with Gasteiger partial charge in [0.1, 0.15) is 11.1 Å². The van der Waals surface area contributed by atoms with E-state index in [0.717, 1.165) is 71.4 Å². The molecule has 0 aliphatic carbocycles. The number of aromatic nitrogens is 4. The Morgan fingerprint density at radius 3 is 2.19 bits per heavy atom. The first-order valence-corrected chi connectivity index (χ1v) is 12.1. The maximum absolute atomic E-state index is 5.89. The highest BCUT2D eigenvalue weighted by molar-refractivity contribution is 6.09. The van der Waals surface area contributed by atoms with Crippen molar-refractivity contribution in [3.8, 4) is 22.4 Å². The lowest BCUT2D eigenvalue weighted by Crippen LogP contribution is -1.91. The Kier molecular flexibility index (Phi) is 4.16. The summed E-state index contributed by atoms with van der Waals surface area (Å²) in [5, 5.41) is 5.45. The number of fused-ring (bicyclic) bond motifs is 7. The van der Waals surface area contributed by atoms with Crippen molar-refractivity contribution in [2.24, 2.45) is 0 Å². The van der Waals surface area contributed by atoms with Crippen LogP contribution in [0, 0.1) is 0 Å². The van der Waals surface area contributed by atoms with Gasteiger partial charge in [0.05, 0.1) is 16.7 Å². The van der Waals surface area contributed by atoms with Crippen molar-refractivity contribution in [1.82, 2.24) is 19.9 Å². The number of nitrogens with zero attached hydrogens (tertiary/aromatic N) is 4. The first kappa shape index (κ1) is 20.1. The molecule has 4 aromatic heterocycles. The standard InChI is InChI=1S/C32H18N4O/c1-2-6-24-23(5-1)22(21-10-14-28-26(18-21)31-32(37-28)35-17-16-34-31)11-12-25(24)27-13-9-20-8-7-19-4-3-15-33-29(19)30(20)36-27/h1-18H. The van der Waals surface area contributed by atoms with Crippen LogP contribution in [0.2, 0.25) is 0 Å². The van der Waals surface area contributed by atoms with Crippen LogP contribution in [0.4, 0.5) is 0 Å². The molecule has 4 heterocycles. The van der Waals surface area contributed by atoms with E-state index >= 15 is 0 Å². The van der Waals surface area contributed by atoms with Gasteiger partial charge in [-0.3, -0.25) is 4.98 Å². The maximum atomic E-state index is 5.89. The summed E-state index contributed by atoms with van der Waals surface area (Å²) in [6.07, 6.45) is 5.17. The fraction of sp³-hybridized carbons (Fsp3) is 0. The van der Waals surface area contributed by atoms with E-state index in [9.17, 15) is 0 Å². The largest absolute Gasteiger partial charge is 0.436 e. The number of rotatable bonds is 2. The first-order valence-electron chi connectivity index (χ1n) is 12.1. The van der Waals surface area contributed by atoms with Crippen LogP contribution in [0.25, 0.3) is 77.2 Å². The monoisotopic (exact) mass is 474 g/mol. The topological polar surface area (TPSA) is 64.7 Å². The molecule has 8 rings (SSSR count). The number of benzene rings is 4. The van der Waals surface area contributed by atoms with Gasteiger partial charge in [-0.2, -0.15) is 0 Å². The van der Waals surface area contributed by atoms with Gasteiger partial charge in [-0.25, -0.2) is 15.0 Å². The fourth-order valence-electron chi connectivity index (χ4n) is 5.31. The Hall–Kier alpha value is -5.16. The lowest BCUT2D eigenvalue weighted by molar-refractivity contribution is 0.653. The van der Waals surface area contributed by atoms with Gasteiger partial charge in [-0.1, -0.05) is 66.7 Å². The van der Waals surface area contributed by atoms with Crippen molar-refractivity contribution >= 4 is 54.8 Å². The third-order valence-corrected chi connectivity index (χ3v) is 7.05. The summed E-state index contributed by atoms with van der Waals surface area (Å²) in [4.78, 5) is 18.5. The molecule has 172 valence electrons. The van der Waals surface area contributed by atoms with Gasteiger partial charge in [-0.05, 0) is 46.2 Å². The Labute approximate surface area is 211 Å². The molecular formula is C32H18N4O. The minimum Gasteiger partial charge on any atom is -0.436 e. The van der Waals surface area contributed by atoms with E-state index in [1.807, 2.05) is 18.3 Å². The molecule has 37 heavy (non-hydrogen) atoms. The Bertz CT molecular complexity index is 2160. The second-order valence-corrected chi connectivity index (χ2v) is 9.14. The van der Waals surface area contributed by atoms with Crippen molar-refractivity contribution in [2.75, 3.05) is 0 Å². The molecule has 0 atom stereocenters. The summed E-state index contributed by atoms with van der Waals surface area (Å²) in [7, 11) is 0. The highest BCUT2D eigenvalue weighted by Crippen LogP contribution is 2.38. The van der Waals surface area contributed by atoms with Crippen molar-refractivity contribution < 1.29 is 4.42 Å². The first-order chi connectivity index (χ1) is 18.3. The van der Waals surface area contributed by atoms with E-state index < -0.39 is 0 Å². The van der Waals surface area contributed by atoms with Gasteiger partial charge in [0, 0.05) is 40.3 Å². The van der Waals surface area contributed by atoms with Crippen LogP contribution in [0.3, 0.4) is 0 Å². The van der Waals surface area contributed by atoms with Crippen LogP contribution in [0.15, 0.2) is 114 Å². The molecule has 0 unspecified atom stereocenters. The number of pyridine rings is 2. The van der Waals surface area contributed by atoms with Crippen molar-refractivity contribution in [2.45, 2.75) is 0 Å². The molecule has 0 spiro atoms. The summed E-state index contributed by atoms with van der Waals surface area (Å²) < 4.78 is 5.89. The van der Waals surface area contributed by atoms with Gasteiger partial charge < -0.3 is 4.42 Å². The molecule has 0 saturated heterocycles. The fourth-order valence-corrected chi connectivity index (χ4v) is 5.31. The third-order valence-electron chi connectivity index (χ3n) is 7.05. The van der Waals surface area contributed by atoms with Crippen LogP contribution >= 0.6 is 0 Å². The average molecular weight is 475 g/mol. The predicted molar refractivity (Wildman–Crippen MR) is 148 cm³/mol. The molecule has 0 radical (unpaired) electrons. The molecular weight excluding hydrogens is 456 g/mol. The quantitative estimate of drug-likeness (QED) is 0.238. The van der Waals surface area contributed by atoms with Crippen LogP contribution in [0.1, 0.15) is 0 Å². The number of hydrogen-bond acceptors (Lipinski definition) is 5. The minimum absolute atomic E-state index is 0.555. The Balaban J connectivity index is 1.34. The Morgan fingerprint density at radius 1 is 0.514 bits per heavy atom. The normalized spacial score (nSPS) is 11.8. The summed E-state index contributed by atoms with van der Waals surface area (Å²) in [6.45, 7) is 0. The molecule has 8 aromatic rings. The summed E-state index contributed by atoms with van der Waals surface area (Å²) in [6, 6.07) is 31.6. The molecule has 4 aromatic carbocycles. The van der Waals surface area contributed by atoms with Crippen molar-refractivity contribution in [3.63, 3.8) is 0 Å². The zero-order chi connectivity index (χ0) is 24.3. The second-order valence-electron chi connectivity index (χ2n) is 9.14. The molecule has 5 nitrogen and oxygen atoms in total. The van der Waals surface area contributed by atoms with E-state index in [4.69, 9.17) is 9.40 Å². The highest BCUT2D eigenvalue weighted by atomic mass is 16.3. The van der Waals surface area contributed by atoms with E-state index in [-0.39, 0.29) is 0 Å². The van der Waals surface area contributed by atoms with Gasteiger partial charge in [0.25, 0.3) is 0 Å². The third kappa shape index (κ3) is 3.04. The molecule has 0 N–H and O–H groups in total. The number of furan rings is 1. The average Bonchev–Trinajstić information content (AvgIpc) is 3.34. The smallest absolute Gasteiger partial charge is 0.246 e. The van der Waals surface area contributed by atoms with E-state index in [1.165, 1.54) is 0 Å². The maximum Gasteiger partial charge on any atom is 0.246 e. The van der Waals surface area contributed by atoms with Crippen LogP contribution in [-0.2, 0) is 0 Å². The van der Waals surface area contributed by atoms with Gasteiger partial charge in [-0.15, -0.1) is 0 Å². The van der Waals surface area contributed by atoms with E-state index in [1.54, 1.807) is 12.4 Å². The molecule has 0 amide bonds. The zero-order valence-electron chi connectivity index (χ0n) is 19.6. The van der Waals surface area contributed by atoms with Gasteiger partial charge >= 0.3 is 0 Å². The lowest BCUT2D eigenvalue weighted by Gasteiger charge is -2.12. The van der Waals surface area contributed by atoms with E-state index in [0.29, 0.717) is 5.71 Å².